The summed E-state index contributed by atoms with van der Waals surface area (Å²) in [4.78, 5) is 42.0. The topological polar surface area (TPSA) is 113 Å². The predicted molar refractivity (Wildman–Crippen MR) is 190 cm³/mol. The minimum absolute atomic E-state index is 0.00457. The fraction of sp³-hybridized carbons (Fsp3) is 0.525. The molecular formula is C40H50N4O5. The Morgan fingerprint density at radius 2 is 1.84 bits per heavy atom. The zero-order valence-corrected chi connectivity index (χ0v) is 28.9. The number of anilines is 1. The summed E-state index contributed by atoms with van der Waals surface area (Å²) in [7, 11) is 0. The highest BCUT2D eigenvalue weighted by Crippen LogP contribution is 2.49. The van der Waals surface area contributed by atoms with Crippen LogP contribution in [0.5, 0.6) is 5.75 Å². The van der Waals surface area contributed by atoms with E-state index >= 15 is 0 Å². The number of rotatable bonds is 11. The van der Waals surface area contributed by atoms with Gasteiger partial charge < -0.3 is 29.9 Å². The van der Waals surface area contributed by atoms with Crippen LogP contribution < -0.4 is 25.8 Å². The van der Waals surface area contributed by atoms with Gasteiger partial charge in [0.05, 0.1) is 17.7 Å². The molecule has 7 rings (SSSR count). The van der Waals surface area contributed by atoms with Crippen LogP contribution in [-0.4, -0.2) is 52.3 Å². The van der Waals surface area contributed by atoms with Crippen LogP contribution in [-0.2, 0) is 17.6 Å². The van der Waals surface area contributed by atoms with E-state index in [4.69, 9.17) is 4.74 Å². The van der Waals surface area contributed by atoms with Gasteiger partial charge in [0.1, 0.15) is 17.0 Å². The minimum atomic E-state index is -0.899. The number of aromatic nitrogens is 1. The van der Waals surface area contributed by atoms with Crippen LogP contribution in [0.3, 0.4) is 0 Å². The van der Waals surface area contributed by atoms with Gasteiger partial charge in [0.25, 0.3) is 11.5 Å². The number of aliphatic hydroxyl groups excluding tert-OH is 1. The zero-order valence-electron chi connectivity index (χ0n) is 28.9. The van der Waals surface area contributed by atoms with Crippen molar-refractivity contribution in [2.75, 3.05) is 18.0 Å². The molecular weight excluding hydrogens is 616 g/mol. The van der Waals surface area contributed by atoms with Gasteiger partial charge in [-0.2, -0.15) is 0 Å². The maximum atomic E-state index is 14.1. The monoisotopic (exact) mass is 666 g/mol. The third-order valence-corrected chi connectivity index (χ3v) is 11.4. The molecule has 3 atom stereocenters. The van der Waals surface area contributed by atoms with E-state index < -0.39 is 12.1 Å². The van der Waals surface area contributed by atoms with E-state index in [0.29, 0.717) is 31.4 Å². The maximum Gasteiger partial charge on any atom is 0.274 e. The largest absolute Gasteiger partial charge is 0.487 e. The smallest absolute Gasteiger partial charge is 0.274 e. The molecule has 49 heavy (non-hydrogen) atoms. The number of aliphatic hydroxyl groups is 1. The van der Waals surface area contributed by atoms with E-state index in [0.717, 1.165) is 74.7 Å². The van der Waals surface area contributed by atoms with Crippen molar-refractivity contribution in [3.05, 3.63) is 92.9 Å². The van der Waals surface area contributed by atoms with Gasteiger partial charge in [0.2, 0.25) is 5.91 Å². The number of nitrogens with zero attached hydrogens (tertiary/aromatic N) is 2. The van der Waals surface area contributed by atoms with Crippen LogP contribution in [0.15, 0.2) is 59.5 Å². The van der Waals surface area contributed by atoms with Gasteiger partial charge in [-0.05, 0) is 87.1 Å². The number of amides is 2. The van der Waals surface area contributed by atoms with Gasteiger partial charge in [-0.15, -0.1) is 0 Å². The Bertz CT molecular complexity index is 1740. The molecule has 3 aromatic rings. The van der Waals surface area contributed by atoms with E-state index in [2.05, 4.69) is 36.6 Å². The molecule has 2 aromatic carbocycles. The summed E-state index contributed by atoms with van der Waals surface area (Å²) in [6.45, 7) is 5.06. The number of carbonyl (C=O) groups is 2. The van der Waals surface area contributed by atoms with E-state index in [1.807, 2.05) is 30.3 Å². The van der Waals surface area contributed by atoms with Crippen molar-refractivity contribution < 1.29 is 19.4 Å². The summed E-state index contributed by atoms with van der Waals surface area (Å²) >= 11 is 0. The number of fused-ring (bicyclic) bond motifs is 1. The SMILES string of the molecule is CCc1cc2c(cc1C)OC1(CCC1)C[C@@H]2NC[C@@H](O)[C@H](Cc1ccccc1)NC(=O)c1cc(N2CCCC2=O)c(=O)n(C2CCCC2)c1. The highest BCUT2D eigenvalue weighted by atomic mass is 16.5. The summed E-state index contributed by atoms with van der Waals surface area (Å²) in [6, 6.07) is 15.3. The lowest BCUT2D eigenvalue weighted by Crippen LogP contribution is -2.52. The summed E-state index contributed by atoms with van der Waals surface area (Å²) in [5.74, 6) is 0.481. The molecule has 1 spiro atoms. The second-order valence-corrected chi connectivity index (χ2v) is 14.7. The van der Waals surface area contributed by atoms with Crippen LogP contribution >= 0.6 is 0 Å². The molecule has 2 amide bonds. The Labute approximate surface area is 289 Å². The Hall–Kier alpha value is -3.95. The molecule has 1 aromatic heterocycles. The molecule has 2 saturated carbocycles. The number of aryl methyl sites for hydroxylation is 2. The van der Waals surface area contributed by atoms with Gasteiger partial charge in [-0.25, -0.2) is 0 Å². The fourth-order valence-corrected chi connectivity index (χ4v) is 8.37. The van der Waals surface area contributed by atoms with Crippen LogP contribution in [0.25, 0.3) is 0 Å². The van der Waals surface area contributed by atoms with Crippen LogP contribution in [0, 0.1) is 6.92 Å². The van der Waals surface area contributed by atoms with Crippen molar-refractivity contribution in [3.8, 4) is 5.75 Å². The molecule has 0 radical (unpaired) electrons. The van der Waals surface area contributed by atoms with Gasteiger partial charge in [0.15, 0.2) is 0 Å². The Morgan fingerprint density at radius 1 is 1.06 bits per heavy atom. The number of benzene rings is 2. The molecule has 0 unspecified atom stereocenters. The lowest BCUT2D eigenvalue weighted by molar-refractivity contribution is -0.117. The third-order valence-electron chi connectivity index (χ3n) is 11.4. The summed E-state index contributed by atoms with van der Waals surface area (Å²) in [5.41, 5.74) is 4.88. The number of ether oxygens (including phenoxy) is 1. The van der Waals surface area contributed by atoms with Crippen molar-refractivity contribution in [2.45, 2.75) is 121 Å². The van der Waals surface area contributed by atoms with Crippen LogP contribution in [0.1, 0.15) is 116 Å². The number of carbonyl (C=O) groups excluding carboxylic acids is 2. The lowest BCUT2D eigenvalue weighted by atomic mass is 9.72. The second kappa shape index (κ2) is 14.1. The molecule has 9 heteroatoms. The molecule has 1 saturated heterocycles. The number of hydrogen-bond acceptors (Lipinski definition) is 6. The van der Waals surface area contributed by atoms with E-state index in [-0.39, 0.29) is 47.3 Å². The van der Waals surface area contributed by atoms with Crippen LogP contribution in [0.2, 0.25) is 0 Å². The highest BCUT2D eigenvalue weighted by Gasteiger charge is 2.46. The maximum absolute atomic E-state index is 14.1. The first kappa shape index (κ1) is 33.5. The molecule has 2 aliphatic heterocycles. The molecule has 3 heterocycles. The summed E-state index contributed by atoms with van der Waals surface area (Å²) in [5, 5.41) is 18.6. The Morgan fingerprint density at radius 3 is 2.51 bits per heavy atom. The Kier molecular flexibility index (Phi) is 9.66. The summed E-state index contributed by atoms with van der Waals surface area (Å²) in [6.07, 6.45) is 11.1. The zero-order chi connectivity index (χ0) is 34.1. The lowest BCUT2D eigenvalue weighted by Gasteiger charge is -2.48. The molecule has 3 N–H and O–H groups in total. The molecule has 0 bridgehead atoms. The van der Waals surface area contributed by atoms with Crippen molar-refractivity contribution in [3.63, 3.8) is 0 Å². The normalized spacial score (nSPS) is 21.2. The van der Waals surface area contributed by atoms with Crippen molar-refractivity contribution >= 4 is 17.5 Å². The van der Waals surface area contributed by atoms with Crippen LogP contribution in [0.4, 0.5) is 5.69 Å². The molecule has 260 valence electrons. The average molecular weight is 667 g/mol. The first-order valence-electron chi connectivity index (χ1n) is 18.4. The predicted octanol–water partition coefficient (Wildman–Crippen LogP) is 5.70. The number of pyridine rings is 1. The van der Waals surface area contributed by atoms with Crippen molar-refractivity contribution in [1.29, 1.82) is 0 Å². The fourth-order valence-electron chi connectivity index (χ4n) is 8.37. The highest BCUT2D eigenvalue weighted by molar-refractivity contribution is 5.98. The summed E-state index contributed by atoms with van der Waals surface area (Å²) < 4.78 is 8.28. The third kappa shape index (κ3) is 6.93. The number of hydrogen-bond donors (Lipinski definition) is 3. The van der Waals surface area contributed by atoms with Gasteiger partial charge in [0, 0.05) is 49.8 Å². The first-order valence-corrected chi connectivity index (χ1v) is 18.4. The quantitative estimate of drug-likeness (QED) is 0.242. The van der Waals surface area contributed by atoms with E-state index in [1.54, 1.807) is 16.8 Å². The molecule has 2 aliphatic carbocycles. The standard InChI is InChI=1S/C40H50N4O5/c1-3-28-21-31-33(23-40(16-10-17-40)49-36(31)19-26(28)2)41-24-35(45)32(20-27-11-5-4-6-12-27)42-38(47)29-22-34(43-18-9-15-37(43)46)39(48)44(25-29)30-13-7-8-14-30/h4-6,11-12,19,21-22,25,30,32-33,35,41,45H,3,7-10,13-18,20,23-24H2,1-2H3,(H,42,47)/t32-,33-,35+/m0/s1. The number of nitrogens with one attached hydrogen (secondary N) is 2. The second-order valence-electron chi connectivity index (χ2n) is 14.7. The Balaban J connectivity index is 1.15. The van der Waals surface area contributed by atoms with E-state index in [9.17, 15) is 19.5 Å². The minimum Gasteiger partial charge on any atom is -0.487 e. The van der Waals surface area contributed by atoms with Crippen molar-refractivity contribution in [1.82, 2.24) is 15.2 Å². The van der Waals surface area contributed by atoms with Gasteiger partial charge in [-0.3, -0.25) is 14.4 Å². The van der Waals surface area contributed by atoms with Gasteiger partial charge in [-0.1, -0.05) is 56.2 Å². The molecule has 9 nitrogen and oxygen atoms in total. The first-order chi connectivity index (χ1) is 23.7. The van der Waals surface area contributed by atoms with E-state index in [1.165, 1.54) is 16.0 Å². The van der Waals surface area contributed by atoms with Gasteiger partial charge >= 0.3 is 0 Å². The average Bonchev–Trinajstić information content (AvgIpc) is 3.78. The van der Waals surface area contributed by atoms with Crippen molar-refractivity contribution in [2.24, 2.45) is 0 Å². The molecule has 3 fully saturated rings. The molecule has 4 aliphatic rings.